The molecule has 0 radical (unpaired) electrons. The van der Waals surface area contributed by atoms with Crippen LogP contribution in [0.5, 0.6) is 0 Å². The van der Waals surface area contributed by atoms with Crippen LogP contribution in [-0.2, 0) is 0 Å². The van der Waals surface area contributed by atoms with Crippen LogP contribution in [0.1, 0.15) is 30.5 Å². The molecular weight excluding hydrogens is 448 g/mol. The number of halogens is 3. The predicted octanol–water partition coefficient (Wildman–Crippen LogP) is 5.80. The number of nitrogens with one attached hydrogen (secondary N) is 1. The van der Waals surface area contributed by atoms with E-state index in [0.29, 0.717) is 0 Å². The molecule has 2 rings (SSSR count). The lowest BCUT2D eigenvalue weighted by atomic mass is 9.98. The summed E-state index contributed by atoms with van der Waals surface area (Å²) in [6, 6.07) is 14.5. The first-order chi connectivity index (χ1) is 9.63. The van der Waals surface area contributed by atoms with Crippen LogP contribution in [0.4, 0.5) is 0 Å². The van der Waals surface area contributed by atoms with E-state index in [2.05, 4.69) is 75.0 Å². The fourth-order valence-electron chi connectivity index (χ4n) is 2.12. The van der Waals surface area contributed by atoms with Crippen molar-refractivity contribution in [2.75, 3.05) is 6.54 Å². The lowest BCUT2D eigenvalue weighted by Crippen LogP contribution is -2.24. The number of hydrogen-bond donors (Lipinski definition) is 1. The Hall–Kier alpha value is -0.100. The third-order valence-corrected chi connectivity index (χ3v) is 4.90. The monoisotopic (exact) mass is 463 g/mol. The summed E-state index contributed by atoms with van der Waals surface area (Å²) in [5.74, 6) is 0. The second kappa shape index (κ2) is 7.78. The maximum absolute atomic E-state index is 6.39. The van der Waals surface area contributed by atoms with Crippen LogP contribution in [-0.4, -0.2) is 6.54 Å². The van der Waals surface area contributed by atoms with Crippen molar-refractivity contribution < 1.29 is 0 Å². The molecule has 0 saturated heterocycles. The summed E-state index contributed by atoms with van der Waals surface area (Å²) in [4.78, 5) is 0. The van der Waals surface area contributed by atoms with E-state index in [1.54, 1.807) is 0 Å². The Morgan fingerprint density at radius 2 is 1.95 bits per heavy atom. The molecule has 2 aromatic rings. The summed E-state index contributed by atoms with van der Waals surface area (Å²) in [5.41, 5.74) is 2.38. The van der Waals surface area contributed by atoms with Crippen molar-refractivity contribution in [1.29, 1.82) is 0 Å². The zero-order valence-corrected chi connectivity index (χ0v) is 15.7. The van der Waals surface area contributed by atoms with Crippen LogP contribution in [0.25, 0.3) is 0 Å². The van der Waals surface area contributed by atoms with Crippen molar-refractivity contribution in [3.05, 3.63) is 66.7 Å². The molecular formula is C16H16BrClIN. The molecule has 1 N–H and O–H groups in total. The minimum absolute atomic E-state index is 0.119. The van der Waals surface area contributed by atoms with Crippen molar-refractivity contribution in [2.45, 2.75) is 19.4 Å². The van der Waals surface area contributed by atoms with Gasteiger partial charge in [0.1, 0.15) is 0 Å². The van der Waals surface area contributed by atoms with Crippen LogP contribution in [0, 0.1) is 3.57 Å². The van der Waals surface area contributed by atoms with Crippen LogP contribution >= 0.6 is 50.1 Å². The highest BCUT2D eigenvalue weighted by Crippen LogP contribution is 2.32. The minimum Gasteiger partial charge on any atom is -0.306 e. The molecule has 0 fully saturated rings. The van der Waals surface area contributed by atoms with E-state index >= 15 is 0 Å². The standard InChI is InChI=1S/C16H16BrClIN/c1-2-9-20-16(12-5-3-4-6-14(12)18)13-10-11(17)7-8-15(13)19/h3-8,10,16,20H,2,9H2,1H3. The molecule has 1 nitrogen and oxygen atoms in total. The van der Waals surface area contributed by atoms with E-state index in [9.17, 15) is 0 Å². The highest BCUT2D eigenvalue weighted by atomic mass is 127. The van der Waals surface area contributed by atoms with E-state index in [1.165, 1.54) is 9.13 Å². The van der Waals surface area contributed by atoms with E-state index in [4.69, 9.17) is 11.6 Å². The van der Waals surface area contributed by atoms with Gasteiger partial charge in [0.15, 0.2) is 0 Å². The Bertz CT molecular complexity index is 588. The van der Waals surface area contributed by atoms with Gasteiger partial charge in [0.25, 0.3) is 0 Å². The van der Waals surface area contributed by atoms with Crippen LogP contribution in [0.3, 0.4) is 0 Å². The van der Waals surface area contributed by atoms with E-state index in [1.807, 2.05) is 18.2 Å². The fraction of sp³-hybridized carbons (Fsp3) is 0.250. The van der Waals surface area contributed by atoms with E-state index in [0.717, 1.165) is 28.0 Å². The number of rotatable bonds is 5. The predicted molar refractivity (Wildman–Crippen MR) is 98.4 cm³/mol. The minimum atomic E-state index is 0.119. The van der Waals surface area contributed by atoms with Gasteiger partial charge in [0, 0.05) is 13.1 Å². The molecule has 0 heterocycles. The maximum atomic E-state index is 6.39. The number of benzene rings is 2. The summed E-state index contributed by atoms with van der Waals surface area (Å²) in [6.45, 7) is 3.13. The molecule has 1 atom stereocenters. The smallest absolute Gasteiger partial charge is 0.0602 e. The molecule has 0 bridgehead atoms. The SMILES string of the molecule is CCCNC(c1ccccc1Cl)c1cc(Br)ccc1I. The zero-order chi connectivity index (χ0) is 14.5. The van der Waals surface area contributed by atoms with Crippen LogP contribution in [0.2, 0.25) is 5.02 Å². The molecule has 1 unspecified atom stereocenters. The Kier molecular flexibility index (Phi) is 6.33. The largest absolute Gasteiger partial charge is 0.306 e. The summed E-state index contributed by atoms with van der Waals surface area (Å²) in [5, 5.41) is 4.40. The van der Waals surface area contributed by atoms with Crippen molar-refractivity contribution >= 4 is 50.1 Å². The first kappa shape index (κ1) is 16.3. The lowest BCUT2D eigenvalue weighted by Gasteiger charge is -2.22. The average molecular weight is 465 g/mol. The van der Waals surface area contributed by atoms with Crippen molar-refractivity contribution in [1.82, 2.24) is 5.32 Å². The second-order valence-corrected chi connectivity index (χ2v) is 7.06. The molecule has 20 heavy (non-hydrogen) atoms. The van der Waals surface area contributed by atoms with Gasteiger partial charge in [0.2, 0.25) is 0 Å². The highest BCUT2D eigenvalue weighted by molar-refractivity contribution is 14.1. The highest BCUT2D eigenvalue weighted by Gasteiger charge is 2.18. The van der Waals surface area contributed by atoms with Crippen molar-refractivity contribution in [3.63, 3.8) is 0 Å². The molecule has 106 valence electrons. The van der Waals surface area contributed by atoms with Gasteiger partial charge < -0.3 is 5.32 Å². The first-order valence-corrected chi connectivity index (χ1v) is 8.81. The van der Waals surface area contributed by atoms with Gasteiger partial charge in [-0.05, 0) is 70.9 Å². The third-order valence-electron chi connectivity index (χ3n) is 3.08. The van der Waals surface area contributed by atoms with Crippen molar-refractivity contribution in [2.24, 2.45) is 0 Å². The molecule has 0 spiro atoms. The van der Waals surface area contributed by atoms with Gasteiger partial charge in [-0.15, -0.1) is 0 Å². The first-order valence-electron chi connectivity index (χ1n) is 6.56. The summed E-state index contributed by atoms with van der Waals surface area (Å²) in [7, 11) is 0. The Morgan fingerprint density at radius 1 is 1.20 bits per heavy atom. The Labute approximate surface area is 147 Å². The normalized spacial score (nSPS) is 12.4. The van der Waals surface area contributed by atoms with Gasteiger partial charge in [-0.1, -0.05) is 52.7 Å². The molecule has 0 aliphatic heterocycles. The van der Waals surface area contributed by atoms with E-state index in [-0.39, 0.29) is 6.04 Å². The zero-order valence-electron chi connectivity index (χ0n) is 11.2. The van der Waals surface area contributed by atoms with Gasteiger partial charge >= 0.3 is 0 Å². The number of hydrogen-bond acceptors (Lipinski definition) is 1. The van der Waals surface area contributed by atoms with E-state index < -0.39 is 0 Å². The summed E-state index contributed by atoms with van der Waals surface area (Å²) in [6.07, 6.45) is 1.09. The van der Waals surface area contributed by atoms with Crippen LogP contribution < -0.4 is 5.32 Å². The molecule has 0 saturated carbocycles. The fourth-order valence-corrected chi connectivity index (χ4v) is 3.39. The Morgan fingerprint density at radius 3 is 2.65 bits per heavy atom. The lowest BCUT2D eigenvalue weighted by molar-refractivity contribution is 0.596. The quantitative estimate of drug-likeness (QED) is 0.552. The van der Waals surface area contributed by atoms with Gasteiger partial charge in [-0.25, -0.2) is 0 Å². The Balaban J connectivity index is 2.47. The molecule has 0 amide bonds. The molecule has 2 aromatic carbocycles. The maximum Gasteiger partial charge on any atom is 0.0602 e. The van der Waals surface area contributed by atoms with Gasteiger partial charge in [0.05, 0.1) is 6.04 Å². The van der Waals surface area contributed by atoms with Crippen LogP contribution in [0.15, 0.2) is 46.9 Å². The topological polar surface area (TPSA) is 12.0 Å². The molecule has 0 aromatic heterocycles. The summed E-state index contributed by atoms with van der Waals surface area (Å²) >= 11 is 12.3. The summed E-state index contributed by atoms with van der Waals surface area (Å²) < 4.78 is 2.32. The van der Waals surface area contributed by atoms with Gasteiger partial charge in [-0.3, -0.25) is 0 Å². The van der Waals surface area contributed by atoms with Crippen molar-refractivity contribution in [3.8, 4) is 0 Å². The molecule has 4 heteroatoms. The second-order valence-electron chi connectivity index (χ2n) is 4.57. The molecule has 0 aliphatic carbocycles. The average Bonchev–Trinajstić information content (AvgIpc) is 2.44. The van der Waals surface area contributed by atoms with Gasteiger partial charge in [-0.2, -0.15) is 0 Å². The third kappa shape index (κ3) is 3.97. The molecule has 0 aliphatic rings.